The normalized spacial score (nSPS) is 12.9. The first-order chi connectivity index (χ1) is 9.38. The van der Waals surface area contributed by atoms with Gasteiger partial charge < -0.3 is 10.1 Å². The van der Waals surface area contributed by atoms with Gasteiger partial charge in [0.05, 0.1) is 12.9 Å². The highest BCUT2D eigenvalue weighted by Gasteiger charge is 2.12. The van der Waals surface area contributed by atoms with E-state index in [0.29, 0.717) is 6.61 Å². The summed E-state index contributed by atoms with van der Waals surface area (Å²) in [7, 11) is -3.22. The van der Waals surface area contributed by atoms with Gasteiger partial charge in [-0.2, -0.15) is 0 Å². The van der Waals surface area contributed by atoms with Crippen LogP contribution < -0.4 is 10.0 Å². The molecule has 0 bridgehead atoms. The van der Waals surface area contributed by atoms with Crippen molar-refractivity contribution in [2.45, 2.75) is 19.6 Å². The molecule has 1 aromatic rings. The Morgan fingerprint density at radius 3 is 2.50 bits per heavy atom. The molecule has 0 aliphatic heterocycles. The minimum atomic E-state index is -3.22. The second kappa shape index (κ2) is 7.98. The minimum absolute atomic E-state index is 0.163. The van der Waals surface area contributed by atoms with Crippen molar-refractivity contribution in [3.63, 3.8) is 0 Å². The number of ether oxygens (including phenoxy) is 1. The van der Waals surface area contributed by atoms with Crippen LogP contribution in [0, 0.1) is 0 Å². The predicted molar refractivity (Wildman–Crippen MR) is 76.5 cm³/mol. The second-order valence-electron chi connectivity index (χ2n) is 4.40. The summed E-state index contributed by atoms with van der Waals surface area (Å²) in [5.41, 5.74) is 0.992. The van der Waals surface area contributed by atoms with Gasteiger partial charge in [-0.15, -0.1) is 0 Å². The maximum absolute atomic E-state index is 11.7. The first-order valence-corrected chi connectivity index (χ1v) is 8.15. The van der Waals surface area contributed by atoms with Crippen LogP contribution in [0.25, 0.3) is 0 Å². The first-order valence-electron chi connectivity index (χ1n) is 6.26. The number of amides is 1. The Morgan fingerprint density at radius 2 is 1.90 bits per heavy atom. The Labute approximate surface area is 119 Å². The monoisotopic (exact) mass is 300 g/mol. The molecule has 1 rings (SSSR count). The van der Waals surface area contributed by atoms with Gasteiger partial charge in [-0.1, -0.05) is 30.3 Å². The molecular weight excluding hydrogens is 280 g/mol. The van der Waals surface area contributed by atoms with Gasteiger partial charge in [0.25, 0.3) is 0 Å². The molecule has 0 aromatic heterocycles. The van der Waals surface area contributed by atoms with Crippen molar-refractivity contribution >= 4 is 15.9 Å². The van der Waals surface area contributed by atoms with Crippen molar-refractivity contribution in [1.82, 2.24) is 10.0 Å². The first kappa shape index (κ1) is 16.6. The highest BCUT2D eigenvalue weighted by molar-refractivity contribution is 7.88. The van der Waals surface area contributed by atoms with Crippen LogP contribution >= 0.6 is 0 Å². The highest BCUT2D eigenvalue weighted by Crippen LogP contribution is 2.03. The molecule has 7 heteroatoms. The zero-order valence-electron chi connectivity index (χ0n) is 11.6. The molecule has 0 heterocycles. The third-order valence-electron chi connectivity index (χ3n) is 2.50. The summed E-state index contributed by atoms with van der Waals surface area (Å²) >= 11 is 0. The van der Waals surface area contributed by atoms with E-state index in [1.54, 1.807) is 6.92 Å². The van der Waals surface area contributed by atoms with Gasteiger partial charge in [-0.05, 0) is 12.5 Å². The SMILES string of the molecule is CC(OCc1ccccc1)C(=O)NCCNS(C)(=O)=O. The summed E-state index contributed by atoms with van der Waals surface area (Å²) in [6.07, 6.45) is 0.480. The number of sulfonamides is 1. The Morgan fingerprint density at radius 1 is 1.25 bits per heavy atom. The van der Waals surface area contributed by atoms with Gasteiger partial charge >= 0.3 is 0 Å². The molecule has 1 aromatic carbocycles. The molecule has 0 saturated carbocycles. The third-order valence-corrected chi connectivity index (χ3v) is 3.23. The summed E-state index contributed by atoms with van der Waals surface area (Å²) < 4.78 is 29.4. The molecule has 0 spiro atoms. The number of benzene rings is 1. The number of nitrogens with one attached hydrogen (secondary N) is 2. The zero-order chi connectivity index (χ0) is 15.0. The minimum Gasteiger partial charge on any atom is -0.364 e. The summed E-state index contributed by atoms with van der Waals surface area (Å²) in [6.45, 7) is 2.40. The fourth-order valence-electron chi connectivity index (χ4n) is 1.44. The molecule has 0 aliphatic rings. The number of carbonyl (C=O) groups is 1. The van der Waals surface area contributed by atoms with Crippen LogP contribution in [-0.2, 0) is 26.2 Å². The lowest BCUT2D eigenvalue weighted by atomic mass is 10.2. The molecule has 0 saturated heterocycles. The van der Waals surface area contributed by atoms with E-state index in [0.717, 1.165) is 11.8 Å². The van der Waals surface area contributed by atoms with Crippen LogP contribution in [0.1, 0.15) is 12.5 Å². The lowest BCUT2D eigenvalue weighted by Crippen LogP contribution is -2.39. The quantitative estimate of drug-likeness (QED) is 0.674. The average molecular weight is 300 g/mol. The molecule has 2 N–H and O–H groups in total. The molecule has 0 radical (unpaired) electrons. The van der Waals surface area contributed by atoms with Gasteiger partial charge in [0, 0.05) is 13.1 Å². The Kier molecular flexibility index (Phi) is 6.63. The largest absolute Gasteiger partial charge is 0.364 e. The van der Waals surface area contributed by atoms with E-state index in [4.69, 9.17) is 4.74 Å². The lowest BCUT2D eigenvalue weighted by Gasteiger charge is -2.13. The van der Waals surface area contributed by atoms with Crippen LogP contribution in [0.2, 0.25) is 0 Å². The molecule has 6 nitrogen and oxygen atoms in total. The van der Waals surface area contributed by atoms with Crippen molar-refractivity contribution < 1.29 is 17.9 Å². The van der Waals surface area contributed by atoms with Gasteiger partial charge in [0.2, 0.25) is 15.9 Å². The number of hydrogen-bond acceptors (Lipinski definition) is 4. The van der Waals surface area contributed by atoms with Gasteiger partial charge in [0.15, 0.2) is 0 Å². The van der Waals surface area contributed by atoms with Crippen molar-refractivity contribution in [3.8, 4) is 0 Å². The maximum Gasteiger partial charge on any atom is 0.248 e. The molecule has 0 aliphatic carbocycles. The summed E-state index contributed by atoms with van der Waals surface area (Å²) in [6, 6.07) is 9.55. The van der Waals surface area contributed by atoms with Gasteiger partial charge in [-0.25, -0.2) is 13.1 Å². The smallest absolute Gasteiger partial charge is 0.248 e. The van der Waals surface area contributed by atoms with Crippen LogP contribution in [0.3, 0.4) is 0 Å². The zero-order valence-corrected chi connectivity index (χ0v) is 12.4. The van der Waals surface area contributed by atoms with E-state index >= 15 is 0 Å². The van der Waals surface area contributed by atoms with Crippen molar-refractivity contribution in [1.29, 1.82) is 0 Å². The van der Waals surface area contributed by atoms with Crippen LogP contribution in [-0.4, -0.2) is 39.8 Å². The molecule has 1 amide bonds. The molecule has 1 unspecified atom stereocenters. The number of rotatable bonds is 8. The van der Waals surface area contributed by atoms with Crippen LogP contribution in [0.5, 0.6) is 0 Å². The van der Waals surface area contributed by atoms with Crippen LogP contribution in [0.15, 0.2) is 30.3 Å². The van der Waals surface area contributed by atoms with Gasteiger partial charge in [-0.3, -0.25) is 4.79 Å². The third kappa shape index (κ3) is 7.22. The Bertz CT molecular complexity index is 516. The maximum atomic E-state index is 11.7. The highest BCUT2D eigenvalue weighted by atomic mass is 32.2. The van der Waals surface area contributed by atoms with Gasteiger partial charge in [0.1, 0.15) is 6.10 Å². The molecule has 20 heavy (non-hydrogen) atoms. The van der Waals surface area contributed by atoms with E-state index in [-0.39, 0.29) is 19.0 Å². The molecule has 0 fully saturated rings. The predicted octanol–water partition coefficient (Wildman–Crippen LogP) is 0.257. The fraction of sp³-hybridized carbons (Fsp3) is 0.462. The Hall–Kier alpha value is -1.44. The van der Waals surface area contributed by atoms with Crippen molar-refractivity contribution in [2.75, 3.05) is 19.3 Å². The summed E-state index contributed by atoms with van der Waals surface area (Å²) in [4.78, 5) is 11.7. The summed E-state index contributed by atoms with van der Waals surface area (Å²) in [5.74, 6) is -0.267. The van der Waals surface area contributed by atoms with E-state index in [1.165, 1.54) is 0 Å². The topological polar surface area (TPSA) is 84.5 Å². The molecular formula is C13H20N2O4S. The van der Waals surface area contributed by atoms with E-state index in [1.807, 2.05) is 30.3 Å². The Balaban J connectivity index is 2.22. The van der Waals surface area contributed by atoms with E-state index in [9.17, 15) is 13.2 Å². The fourth-order valence-corrected chi connectivity index (χ4v) is 1.91. The standard InChI is InChI=1S/C13H20N2O4S/c1-11(19-10-12-6-4-3-5-7-12)13(16)14-8-9-15-20(2,17)18/h3-7,11,15H,8-10H2,1-2H3,(H,14,16). The van der Waals surface area contributed by atoms with Crippen LogP contribution in [0.4, 0.5) is 0 Å². The number of carbonyl (C=O) groups excluding carboxylic acids is 1. The van der Waals surface area contributed by atoms with Crippen molar-refractivity contribution in [2.24, 2.45) is 0 Å². The molecule has 112 valence electrons. The van der Waals surface area contributed by atoms with Crippen molar-refractivity contribution in [3.05, 3.63) is 35.9 Å². The van der Waals surface area contributed by atoms with E-state index < -0.39 is 16.1 Å². The second-order valence-corrected chi connectivity index (χ2v) is 6.23. The number of hydrogen-bond donors (Lipinski definition) is 2. The molecule has 1 atom stereocenters. The summed E-state index contributed by atoms with van der Waals surface area (Å²) in [5, 5.41) is 2.60. The average Bonchev–Trinajstić information content (AvgIpc) is 2.40. The lowest BCUT2D eigenvalue weighted by molar-refractivity contribution is -0.132. The van der Waals surface area contributed by atoms with E-state index in [2.05, 4.69) is 10.0 Å².